The number of carbonyl (C=O) groups is 2. The number of nitrogens with zero attached hydrogens (tertiary/aromatic N) is 5. The molecule has 0 atom stereocenters. The van der Waals surface area contributed by atoms with Crippen LogP contribution in [0.3, 0.4) is 0 Å². The Morgan fingerprint density at radius 1 is 0.552 bits per heavy atom. The predicted molar refractivity (Wildman–Crippen MR) is 239 cm³/mol. The lowest BCUT2D eigenvalue weighted by molar-refractivity contribution is -0.138. The second-order valence-corrected chi connectivity index (χ2v) is 16.5. The zero-order valence-corrected chi connectivity index (χ0v) is 37.3. The van der Waals surface area contributed by atoms with Crippen molar-refractivity contribution in [3.8, 4) is 11.5 Å². The van der Waals surface area contributed by atoms with Gasteiger partial charge in [0, 0.05) is 72.0 Å². The van der Waals surface area contributed by atoms with Gasteiger partial charge in [-0.15, -0.1) is 0 Å². The molecule has 0 bridgehead atoms. The van der Waals surface area contributed by atoms with Crippen molar-refractivity contribution in [2.24, 2.45) is 0 Å². The standard InChI is InChI=1S/C29H29F4N3O2.C21H22F4N2O2/c1-38-27-9-6-20(18-34-11-10-21-4-2-3-5-22(21)19-34)16-26(27)35-12-14-36(15-13-35)28(37)24-17-23(30)7-8-25(24)29(31,32)33;1-3-14-4-7-19(29-2)18(12-14)26-8-10-27(11-9-26)20(28)16-13-15(22)5-6-17(16)21(23,24)25/h2-9,16-17H,10-15,18-19H2,1H3;4-7,12-13H,3,8-11H2,1-2H3. The van der Waals surface area contributed by atoms with Gasteiger partial charge in [0.25, 0.3) is 11.8 Å². The van der Waals surface area contributed by atoms with E-state index in [1.165, 1.54) is 20.9 Å². The molecule has 0 spiro atoms. The second-order valence-electron chi connectivity index (χ2n) is 16.5. The van der Waals surface area contributed by atoms with Crippen molar-refractivity contribution in [2.45, 2.75) is 45.2 Å². The van der Waals surface area contributed by atoms with Crippen LogP contribution in [0.1, 0.15) is 61.0 Å². The molecule has 3 aliphatic rings. The Kier molecular flexibility index (Phi) is 15.0. The zero-order chi connectivity index (χ0) is 48.0. The highest BCUT2D eigenvalue weighted by Gasteiger charge is 2.39. The van der Waals surface area contributed by atoms with Crippen LogP contribution in [0.2, 0.25) is 0 Å². The summed E-state index contributed by atoms with van der Waals surface area (Å²) in [6, 6.07) is 24.4. The van der Waals surface area contributed by atoms with Crippen molar-refractivity contribution in [2.75, 3.05) is 82.9 Å². The van der Waals surface area contributed by atoms with Gasteiger partial charge in [-0.2, -0.15) is 26.3 Å². The lowest BCUT2D eigenvalue weighted by Gasteiger charge is -2.37. The Hall–Kier alpha value is -6.36. The van der Waals surface area contributed by atoms with Crippen LogP contribution in [0.15, 0.2) is 97.1 Å². The predicted octanol–water partition coefficient (Wildman–Crippen LogP) is 9.75. The number of anilines is 2. The number of hydrogen-bond acceptors (Lipinski definition) is 7. The molecular formula is C50H51F8N5O4. The Balaban J connectivity index is 0.000000207. The number of fused-ring (bicyclic) bond motifs is 1. The van der Waals surface area contributed by atoms with Crippen molar-refractivity contribution in [1.82, 2.24) is 14.7 Å². The number of rotatable bonds is 9. The van der Waals surface area contributed by atoms with Gasteiger partial charge in [-0.3, -0.25) is 14.5 Å². The maximum atomic E-state index is 13.7. The Bertz CT molecular complexity index is 2550. The Morgan fingerprint density at radius 3 is 1.45 bits per heavy atom. The van der Waals surface area contributed by atoms with E-state index in [1.54, 1.807) is 14.2 Å². The summed E-state index contributed by atoms with van der Waals surface area (Å²) >= 11 is 0. The second kappa shape index (κ2) is 20.7. The number of ether oxygens (including phenoxy) is 2. The van der Waals surface area contributed by atoms with Gasteiger partial charge < -0.3 is 29.1 Å². The third-order valence-electron chi connectivity index (χ3n) is 12.4. The van der Waals surface area contributed by atoms with E-state index in [0.29, 0.717) is 68.0 Å². The SMILES string of the molecule is CCc1ccc(OC)c(N2CCN(C(=O)c3cc(F)ccc3C(F)(F)F)CC2)c1.COc1ccc(CN2CCc3ccccc3C2)cc1N1CCN(C(=O)c2cc(F)ccc2C(F)(F)F)CC1. The molecule has 356 valence electrons. The zero-order valence-electron chi connectivity index (χ0n) is 37.3. The maximum absolute atomic E-state index is 13.7. The fourth-order valence-electron chi connectivity index (χ4n) is 8.75. The molecule has 5 aromatic rings. The molecule has 0 unspecified atom stereocenters. The summed E-state index contributed by atoms with van der Waals surface area (Å²) in [5, 5.41) is 0. The number of alkyl halides is 6. The first-order valence-electron chi connectivity index (χ1n) is 21.9. The molecule has 9 nitrogen and oxygen atoms in total. The van der Waals surface area contributed by atoms with Crippen LogP contribution < -0.4 is 19.3 Å². The van der Waals surface area contributed by atoms with Crippen molar-refractivity contribution in [1.29, 1.82) is 0 Å². The first-order chi connectivity index (χ1) is 32.0. The van der Waals surface area contributed by atoms with Gasteiger partial charge in [-0.1, -0.05) is 43.3 Å². The molecule has 3 aliphatic heterocycles. The minimum absolute atomic E-state index is 0.211. The van der Waals surface area contributed by atoms with Gasteiger partial charge >= 0.3 is 12.4 Å². The highest BCUT2D eigenvalue weighted by molar-refractivity contribution is 5.97. The highest BCUT2D eigenvalue weighted by Crippen LogP contribution is 2.37. The van der Waals surface area contributed by atoms with Crippen molar-refractivity contribution >= 4 is 23.2 Å². The summed E-state index contributed by atoms with van der Waals surface area (Å²) in [5.74, 6) is -1.98. The molecule has 17 heteroatoms. The molecule has 5 aromatic carbocycles. The number of benzene rings is 5. The van der Waals surface area contributed by atoms with E-state index in [2.05, 4.69) is 40.1 Å². The van der Waals surface area contributed by atoms with Gasteiger partial charge in [0.15, 0.2) is 0 Å². The summed E-state index contributed by atoms with van der Waals surface area (Å²) in [6.45, 7) is 7.27. The summed E-state index contributed by atoms with van der Waals surface area (Å²) in [5.41, 5.74) is 3.22. The summed E-state index contributed by atoms with van der Waals surface area (Å²) in [6.07, 6.45) is -7.61. The van der Waals surface area contributed by atoms with Gasteiger partial charge in [0.05, 0.1) is 47.8 Å². The molecule has 0 aromatic heterocycles. The number of piperazine rings is 2. The van der Waals surface area contributed by atoms with Gasteiger partial charge in [0.1, 0.15) is 23.1 Å². The van der Waals surface area contributed by atoms with E-state index < -0.39 is 58.1 Å². The Labute approximate surface area is 384 Å². The van der Waals surface area contributed by atoms with Crippen LogP contribution in [0, 0.1) is 11.6 Å². The fraction of sp³-hybridized carbons (Fsp3) is 0.360. The summed E-state index contributed by atoms with van der Waals surface area (Å²) in [7, 11) is 3.18. The molecular weight excluding hydrogens is 887 g/mol. The van der Waals surface area contributed by atoms with E-state index >= 15 is 0 Å². The third kappa shape index (κ3) is 11.4. The molecule has 2 fully saturated rings. The average molecular weight is 938 g/mol. The molecule has 8 rings (SSSR count). The largest absolute Gasteiger partial charge is 0.495 e. The minimum atomic E-state index is -4.75. The van der Waals surface area contributed by atoms with Gasteiger partial charge in [-0.05, 0) is 95.8 Å². The topological polar surface area (TPSA) is 68.8 Å². The number of methoxy groups -OCH3 is 2. The number of hydrogen-bond donors (Lipinski definition) is 0. The van der Waals surface area contributed by atoms with E-state index in [1.807, 2.05) is 42.2 Å². The molecule has 2 amide bonds. The molecule has 2 saturated heterocycles. The van der Waals surface area contributed by atoms with E-state index in [-0.39, 0.29) is 26.2 Å². The minimum Gasteiger partial charge on any atom is -0.495 e. The first kappa shape index (κ1) is 48.6. The summed E-state index contributed by atoms with van der Waals surface area (Å²) in [4.78, 5) is 34.9. The Morgan fingerprint density at radius 2 is 1.00 bits per heavy atom. The van der Waals surface area contributed by atoms with Crippen LogP contribution in [-0.2, 0) is 38.3 Å². The molecule has 0 saturated carbocycles. The fourth-order valence-corrected chi connectivity index (χ4v) is 8.75. The van der Waals surface area contributed by atoms with Gasteiger partial charge in [0.2, 0.25) is 0 Å². The maximum Gasteiger partial charge on any atom is 0.417 e. The lowest BCUT2D eigenvalue weighted by atomic mass is 9.99. The average Bonchev–Trinajstić information content (AvgIpc) is 3.32. The lowest BCUT2D eigenvalue weighted by Crippen LogP contribution is -2.49. The first-order valence-corrected chi connectivity index (χ1v) is 21.9. The normalized spacial score (nSPS) is 15.7. The van der Waals surface area contributed by atoms with Crippen LogP contribution in [0.4, 0.5) is 46.5 Å². The van der Waals surface area contributed by atoms with Gasteiger partial charge in [-0.25, -0.2) is 8.78 Å². The van der Waals surface area contributed by atoms with E-state index in [0.717, 1.165) is 61.0 Å². The molecule has 3 heterocycles. The number of aryl methyl sites for hydroxylation is 1. The van der Waals surface area contributed by atoms with E-state index in [4.69, 9.17) is 9.47 Å². The van der Waals surface area contributed by atoms with Crippen LogP contribution in [0.25, 0.3) is 0 Å². The third-order valence-corrected chi connectivity index (χ3v) is 12.4. The quantitative estimate of drug-likeness (QED) is 0.137. The number of halogens is 8. The van der Waals surface area contributed by atoms with Crippen molar-refractivity contribution in [3.63, 3.8) is 0 Å². The molecule has 0 aliphatic carbocycles. The molecule has 0 radical (unpaired) electrons. The van der Waals surface area contributed by atoms with Crippen LogP contribution in [-0.4, -0.2) is 99.6 Å². The van der Waals surface area contributed by atoms with Crippen molar-refractivity contribution in [3.05, 3.63) is 153 Å². The van der Waals surface area contributed by atoms with E-state index in [9.17, 15) is 44.7 Å². The number of carbonyl (C=O) groups excluding carboxylic acids is 2. The van der Waals surface area contributed by atoms with Crippen molar-refractivity contribution < 1.29 is 54.2 Å². The highest BCUT2D eigenvalue weighted by atomic mass is 19.4. The summed E-state index contributed by atoms with van der Waals surface area (Å²) < 4.78 is 118. The monoisotopic (exact) mass is 937 g/mol. The number of amides is 2. The molecule has 67 heavy (non-hydrogen) atoms. The molecule has 0 N–H and O–H groups in total. The van der Waals surface area contributed by atoms with Crippen LogP contribution >= 0.6 is 0 Å². The smallest absolute Gasteiger partial charge is 0.417 e. The van der Waals surface area contributed by atoms with Crippen LogP contribution in [0.5, 0.6) is 11.5 Å².